The molecule has 4 heteroatoms. The molecule has 0 aliphatic heterocycles. The van der Waals surface area contributed by atoms with E-state index in [0.717, 1.165) is 35.3 Å². The van der Waals surface area contributed by atoms with Crippen LogP contribution in [-0.4, -0.2) is 30.6 Å². The Morgan fingerprint density at radius 1 is 1.36 bits per heavy atom. The van der Waals surface area contributed by atoms with Crippen LogP contribution in [0.1, 0.15) is 43.2 Å². The number of aryl methyl sites for hydroxylation is 2. The third-order valence-electron chi connectivity index (χ3n) is 4.18. The Kier molecular flexibility index (Phi) is 7.10. The van der Waals surface area contributed by atoms with Gasteiger partial charge in [0.25, 0.3) is 0 Å². The predicted molar refractivity (Wildman–Crippen MR) is 93.8 cm³/mol. The Balaban J connectivity index is 1.61. The van der Waals surface area contributed by atoms with Gasteiger partial charge in [0.1, 0.15) is 5.75 Å². The van der Waals surface area contributed by atoms with Gasteiger partial charge in [-0.25, -0.2) is 0 Å². The minimum atomic E-state index is 0.153. The van der Waals surface area contributed by atoms with Crippen LogP contribution >= 0.6 is 11.8 Å². The van der Waals surface area contributed by atoms with Crippen LogP contribution in [0.25, 0.3) is 0 Å². The van der Waals surface area contributed by atoms with Gasteiger partial charge in [0.2, 0.25) is 5.91 Å². The average molecular weight is 321 g/mol. The highest BCUT2D eigenvalue weighted by Gasteiger charge is 2.14. The minimum Gasteiger partial charge on any atom is -0.496 e. The fraction of sp³-hybridized carbons (Fsp3) is 0.611. The van der Waals surface area contributed by atoms with Crippen LogP contribution in [0.4, 0.5) is 0 Å². The number of methoxy groups -OCH3 is 1. The van der Waals surface area contributed by atoms with Crippen LogP contribution in [0.3, 0.4) is 0 Å². The summed E-state index contributed by atoms with van der Waals surface area (Å²) in [7, 11) is 1.68. The molecule has 0 unspecified atom stereocenters. The number of ether oxygens (including phenoxy) is 1. The molecule has 0 heterocycles. The van der Waals surface area contributed by atoms with Gasteiger partial charge in [-0.1, -0.05) is 25.0 Å². The fourth-order valence-electron chi connectivity index (χ4n) is 2.91. The van der Waals surface area contributed by atoms with Crippen molar-refractivity contribution < 1.29 is 9.53 Å². The Labute approximate surface area is 138 Å². The van der Waals surface area contributed by atoms with E-state index in [1.54, 1.807) is 7.11 Å². The van der Waals surface area contributed by atoms with Crippen LogP contribution < -0.4 is 10.1 Å². The van der Waals surface area contributed by atoms with E-state index in [2.05, 4.69) is 11.4 Å². The first-order valence-corrected chi connectivity index (χ1v) is 9.25. The lowest BCUT2D eigenvalue weighted by molar-refractivity contribution is -0.120. The van der Waals surface area contributed by atoms with Gasteiger partial charge >= 0.3 is 0 Å². The standard InChI is InChI=1S/C18H27NO2S/c1-14-13-15(7-9-17(14)21-2)8-10-18(20)19-11-12-22-16-5-3-4-6-16/h7,9,13,16H,3-6,8,10-12H2,1-2H3,(H,19,20). The van der Waals surface area contributed by atoms with Crippen molar-refractivity contribution in [3.63, 3.8) is 0 Å². The van der Waals surface area contributed by atoms with E-state index in [9.17, 15) is 4.79 Å². The molecule has 122 valence electrons. The Bertz CT molecular complexity index is 484. The summed E-state index contributed by atoms with van der Waals surface area (Å²) in [6.45, 7) is 2.82. The number of amides is 1. The lowest BCUT2D eigenvalue weighted by atomic mass is 10.1. The SMILES string of the molecule is COc1ccc(CCC(=O)NCCSC2CCCC2)cc1C. The first kappa shape index (κ1) is 17.2. The molecule has 1 aromatic rings. The van der Waals surface area contributed by atoms with Crippen molar-refractivity contribution >= 4 is 17.7 Å². The van der Waals surface area contributed by atoms with E-state index >= 15 is 0 Å². The Morgan fingerprint density at radius 3 is 2.82 bits per heavy atom. The molecule has 0 spiro atoms. The first-order chi connectivity index (χ1) is 10.7. The zero-order chi connectivity index (χ0) is 15.8. The molecule has 0 bridgehead atoms. The molecule has 0 aromatic heterocycles. The summed E-state index contributed by atoms with van der Waals surface area (Å²) in [5, 5.41) is 3.86. The molecule has 2 rings (SSSR count). The highest BCUT2D eigenvalue weighted by Crippen LogP contribution is 2.28. The minimum absolute atomic E-state index is 0.153. The summed E-state index contributed by atoms with van der Waals surface area (Å²) in [6, 6.07) is 6.11. The van der Waals surface area contributed by atoms with Gasteiger partial charge in [0.15, 0.2) is 0 Å². The molecule has 3 nitrogen and oxygen atoms in total. The summed E-state index contributed by atoms with van der Waals surface area (Å²) in [5.74, 6) is 2.09. The average Bonchev–Trinajstić information content (AvgIpc) is 3.03. The van der Waals surface area contributed by atoms with Crippen molar-refractivity contribution in [2.45, 2.75) is 50.7 Å². The van der Waals surface area contributed by atoms with E-state index in [1.165, 1.54) is 31.2 Å². The van der Waals surface area contributed by atoms with Crippen LogP contribution in [0, 0.1) is 6.92 Å². The van der Waals surface area contributed by atoms with Gasteiger partial charge in [-0.15, -0.1) is 0 Å². The van der Waals surface area contributed by atoms with Gasteiger partial charge < -0.3 is 10.1 Å². The molecule has 1 saturated carbocycles. The number of rotatable bonds is 8. The quantitative estimate of drug-likeness (QED) is 0.742. The normalized spacial score (nSPS) is 15.0. The van der Waals surface area contributed by atoms with E-state index in [-0.39, 0.29) is 5.91 Å². The number of carbonyl (C=O) groups is 1. The maximum Gasteiger partial charge on any atom is 0.220 e. The summed E-state index contributed by atoms with van der Waals surface area (Å²) in [6.07, 6.45) is 6.81. The summed E-state index contributed by atoms with van der Waals surface area (Å²) >= 11 is 2.02. The lowest BCUT2D eigenvalue weighted by Gasteiger charge is -2.10. The molecule has 1 fully saturated rings. The third-order valence-corrected chi connectivity index (χ3v) is 5.56. The number of carbonyl (C=O) groups excluding carboxylic acids is 1. The van der Waals surface area contributed by atoms with Crippen LogP contribution in [0.15, 0.2) is 18.2 Å². The second-order valence-corrected chi connectivity index (χ2v) is 7.34. The fourth-order valence-corrected chi connectivity index (χ4v) is 4.13. The van der Waals surface area contributed by atoms with Gasteiger partial charge in [-0.2, -0.15) is 11.8 Å². The van der Waals surface area contributed by atoms with E-state index in [0.29, 0.717) is 6.42 Å². The number of hydrogen-bond donors (Lipinski definition) is 1. The van der Waals surface area contributed by atoms with Crippen LogP contribution in [0.5, 0.6) is 5.75 Å². The van der Waals surface area contributed by atoms with Crippen LogP contribution in [-0.2, 0) is 11.2 Å². The van der Waals surface area contributed by atoms with Crippen molar-refractivity contribution in [2.75, 3.05) is 19.4 Å². The lowest BCUT2D eigenvalue weighted by Crippen LogP contribution is -2.26. The van der Waals surface area contributed by atoms with Crippen molar-refractivity contribution in [1.29, 1.82) is 0 Å². The molecule has 0 atom stereocenters. The molecule has 1 aliphatic rings. The highest BCUT2D eigenvalue weighted by molar-refractivity contribution is 7.99. The van der Waals surface area contributed by atoms with Gasteiger partial charge in [-0.3, -0.25) is 4.79 Å². The Hall–Kier alpha value is -1.16. The van der Waals surface area contributed by atoms with Crippen molar-refractivity contribution in [2.24, 2.45) is 0 Å². The molecule has 1 aliphatic carbocycles. The molecule has 1 amide bonds. The molecule has 22 heavy (non-hydrogen) atoms. The molecular formula is C18H27NO2S. The topological polar surface area (TPSA) is 38.3 Å². The maximum absolute atomic E-state index is 11.9. The number of nitrogens with one attached hydrogen (secondary N) is 1. The van der Waals surface area contributed by atoms with Crippen molar-refractivity contribution in [1.82, 2.24) is 5.32 Å². The second kappa shape index (κ2) is 9.09. The largest absolute Gasteiger partial charge is 0.496 e. The van der Waals surface area contributed by atoms with Gasteiger partial charge in [-0.05, 0) is 43.4 Å². The zero-order valence-electron chi connectivity index (χ0n) is 13.7. The van der Waals surface area contributed by atoms with Crippen molar-refractivity contribution in [3.8, 4) is 5.75 Å². The van der Waals surface area contributed by atoms with Crippen LogP contribution in [0.2, 0.25) is 0 Å². The summed E-state index contributed by atoms with van der Waals surface area (Å²) in [5.41, 5.74) is 2.31. The maximum atomic E-state index is 11.9. The Morgan fingerprint density at radius 2 is 2.14 bits per heavy atom. The van der Waals surface area contributed by atoms with Gasteiger partial charge in [0.05, 0.1) is 7.11 Å². The van der Waals surface area contributed by atoms with E-state index < -0.39 is 0 Å². The van der Waals surface area contributed by atoms with Gasteiger partial charge in [0, 0.05) is 24.0 Å². The zero-order valence-corrected chi connectivity index (χ0v) is 14.5. The highest BCUT2D eigenvalue weighted by atomic mass is 32.2. The molecule has 1 aromatic carbocycles. The predicted octanol–water partition coefficient (Wildman–Crippen LogP) is 3.73. The summed E-state index contributed by atoms with van der Waals surface area (Å²) < 4.78 is 5.25. The molecule has 1 N–H and O–H groups in total. The number of thioether (sulfide) groups is 1. The molecule has 0 saturated heterocycles. The molecular weight excluding hydrogens is 294 g/mol. The molecule has 0 radical (unpaired) electrons. The third kappa shape index (κ3) is 5.56. The van der Waals surface area contributed by atoms with E-state index in [1.807, 2.05) is 30.8 Å². The monoisotopic (exact) mass is 321 g/mol. The first-order valence-electron chi connectivity index (χ1n) is 8.21. The smallest absolute Gasteiger partial charge is 0.220 e. The number of benzene rings is 1. The number of hydrogen-bond acceptors (Lipinski definition) is 3. The van der Waals surface area contributed by atoms with E-state index in [4.69, 9.17) is 4.74 Å². The summed E-state index contributed by atoms with van der Waals surface area (Å²) in [4.78, 5) is 11.9. The van der Waals surface area contributed by atoms with Crippen molar-refractivity contribution in [3.05, 3.63) is 29.3 Å². The second-order valence-electron chi connectivity index (χ2n) is 5.93.